The lowest BCUT2D eigenvalue weighted by Gasteiger charge is -2.15. The molecule has 3 rings (SSSR count). The predicted molar refractivity (Wildman–Crippen MR) is 136 cm³/mol. The van der Waals surface area contributed by atoms with Gasteiger partial charge in [-0.1, -0.05) is 55.6 Å². The second-order valence-electron chi connectivity index (χ2n) is 7.87. The van der Waals surface area contributed by atoms with Crippen molar-refractivity contribution in [2.24, 2.45) is 0 Å². The number of rotatable bonds is 13. The SMILES string of the molecule is CCCCOc1cc(OCCCC)c(-c2onc(C(=O)OCC)c2-c2ccc(OC)cc2)cc1Cl. The third-order valence-corrected chi connectivity index (χ3v) is 5.62. The van der Waals surface area contributed by atoms with Crippen molar-refractivity contribution < 1.29 is 28.3 Å². The van der Waals surface area contributed by atoms with E-state index in [2.05, 4.69) is 19.0 Å². The molecule has 0 aliphatic carbocycles. The Labute approximate surface area is 211 Å². The van der Waals surface area contributed by atoms with Crippen molar-refractivity contribution in [1.82, 2.24) is 5.16 Å². The highest BCUT2D eigenvalue weighted by Gasteiger charge is 2.28. The van der Waals surface area contributed by atoms with Gasteiger partial charge >= 0.3 is 5.97 Å². The normalized spacial score (nSPS) is 10.8. The smallest absolute Gasteiger partial charge is 0.361 e. The Morgan fingerprint density at radius 1 is 0.971 bits per heavy atom. The van der Waals surface area contributed by atoms with E-state index in [0.29, 0.717) is 57.9 Å². The standard InChI is InChI=1S/C27H32ClNO6/c1-5-8-14-33-22-17-23(34-15-9-6-2)21(28)16-20(22)26-24(18-10-12-19(31-4)13-11-18)25(29-35-26)27(30)32-7-3/h10-13,16-17H,5-9,14-15H2,1-4H3. The van der Waals surface area contributed by atoms with Crippen LogP contribution in [-0.2, 0) is 4.74 Å². The molecule has 0 amide bonds. The Morgan fingerprint density at radius 2 is 1.63 bits per heavy atom. The van der Waals surface area contributed by atoms with Crippen LogP contribution in [0, 0.1) is 0 Å². The first-order valence-corrected chi connectivity index (χ1v) is 12.3. The van der Waals surface area contributed by atoms with Gasteiger partial charge in [0.1, 0.15) is 17.2 Å². The van der Waals surface area contributed by atoms with Crippen LogP contribution in [0.1, 0.15) is 56.9 Å². The molecule has 0 saturated heterocycles. The zero-order valence-corrected chi connectivity index (χ0v) is 21.4. The summed E-state index contributed by atoms with van der Waals surface area (Å²) in [5, 5.41) is 4.48. The number of benzene rings is 2. The first-order valence-electron chi connectivity index (χ1n) is 11.9. The van der Waals surface area contributed by atoms with E-state index in [9.17, 15) is 4.79 Å². The number of aromatic nitrogens is 1. The Hall–Kier alpha value is -3.19. The summed E-state index contributed by atoms with van der Waals surface area (Å²) in [7, 11) is 1.59. The van der Waals surface area contributed by atoms with Gasteiger partial charge in [-0.2, -0.15) is 0 Å². The minimum atomic E-state index is -0.576. The van der Waals surface area contributed by atoms with Gasteiger partial charge in [0.25, 0.3) is 0 Å². The molecule has 3 aromatic rings. The second-order valence-corrected chi connectivity index (χ2v) is 8.27. The summed E-state index contributed by atoms with van der Waals surface area (Å²) < 4.78 is 28.2. The number of hydrogen-bond acceptors (Lipinski definition) is 7. The van der Waals surface area contributed by atoms with E-state index >= 15 is 0 Å². The van der Waals surface area contributed by atoms with Crippen LogP contribution in [0.15, 0.2) is 40.9 Å². The molecule has 2 aromatic carbocycles. The fourth-order valence-corrected chi connectivity index (χ4v) is 3.65. The fourth-order valence-electron chi connectivity index (χ4n) is 3.43. The van der Waals surface area contributed by atoms with Crippen LogP contribution in [-0.4, -0.2) is 38.1 Å². The number of carbonyl (C=O) groups is 1. The van der Waals surface area contributed by atoms with Gasteiger partial charge < -0.3 is 23.5 Å². The number of esters is 1. The highest BCUT2D eigenvalue weighted by molar-refractivity contribution is 6.32. The maximum absolute atomic E-state index is 12.7. The fraction of sp³-hybridized carbons (Fsp3) is 0.407. The molecule has 1 aromatic heterocycles. The third-order valence-electron chi connectivity index (χ3n) is 5.33. The lowest BCUT2D eigenvalue weighted by molar-refractivity contribution is 0.0515. The van der Waals surface area contributed by atoms with E-state index in [-0.39, 0.29) is 12.3 Å². The van der Waals surface area contributed by atoms with Crippen molar-refractivity contribution in [3.63, 3.8) is 0 Å². The summed E-state index contributed by atoms with van der Waals surface area (Å²) in [6.07, 6.45) is 3.78. The van der Waals surface area contributed by atoms with Gasteiger partial charge in [-0.3, -0.25) is 0 Å². The van der Waals surface area contributed by atoms with Gasteiger partial charge in [-0.25, -0.2) is 4.79 Å². The lowest BCUT2D eigenvalue weighted by Crippen LogP contribution is -2.06. The van der Waals surface area contributed by atoms with E-state index in [1.54, 1.807) is 38.3 Å². The zero-order chi connectivity index (χ0) is 25.2. The molecule has 0 spiro atoms. The summed E-state index contributed by atoms with van der Waals surface area (Å²) in [6.45, 7) is 7.20. The van der Waals surface area contributed by atoms with Gasteiger partial charge in [0.05, 0.1) is 43.1 Å². The van der Waals surface area contributed by atoms with Crippen molar-refractivity contribution in [3.8, 4) is 39.7 Å². The molecule has 0 N–H and O–H groups in total. The highest BCUT2D eigenvalue weighted by Crippen LogP contribution is 2.44. The van der Waals surface area contributed by atoms with Crippen molar-refractivity contribution >= 4 is 17.6 Å². The van der Waals surface area contributed by atoms with Gasteiger partial charge in [0, 0.05) is 6.07 Å². The first kappa shape index (κ1) is 26.4. The first-order chi connectivity index (χ1) is 17.0. The predicted octanol–water partition coefficient (Wildman–Crippen LogP) is 7.21. The molecule has 7 nitrogen and oxygen atoms in total. The minimum absolute atomic E-state index is 0.0749. The molecule has 0 saturated carbocycles. The van der Waals surface area contributed by atoms with E-state index in [4.69, 9.17) is 35.1 Å². The van der Waals surface area contributed by atoms with Crippen LogP contribution in [0.25, 0.3) is 22.5 Å². The summed E-state index contributed by atoms with van der Waals surface area (Å²) in [5.74, 6) is 1.53. The van der Waals surface area contributed by atoms with Crippen LogP contribution in [0.5, 0.6) is 17.2 Å². The number of halogens is 1. The molecule has 0 fully saturated rings. The largest absolute Gasteiger partial charge is 0.497 e. The molecule has 8 heteroatoms. The molecule has 188 valence electrons. The molecule has 0 bridgehead atoms. The van der Waals surface area contributed by atoms with Crippen LogP contribution in [0.4, 0.5) is 0 Å². The van der Waals surface area contributed by atoms with Crippen molar-refractivity contribution in [2.75, 3.05) is 26.9 Å². The summed E-state index contributed by atoms with van der Waals surface area (Å²) in [5.41, 5.74) is 1.85. The van der Waals surface area contributed by atoms with Crippen LogP contribution in [0.3, 0.4) is 0 Å². The Morgan fingerprint density at radius 3 is 2.23 bits per heavy atom. The number of carbonyl (C=O) groups excluding carboxylic acids is 1. The van der Waals surface area contributed by atoms with Gasteiger partial charge in [-0.15, -0.1) is 0 Å². The monoisotopic (exact) mass is 501 g/mol. The number of ether oxygens (including phenoxy) is 4. The topological polar surface area (TPSA) is 80.0 Å². The zero-order valence-electron chi connectivity index (χ0n) is 20.7. The quantitative estimate of drug-likeness (QED) is 0.181. The van der Waals surface area contributed by atoms with Gasteiger partial charge in [0.15, 0.2) is 11.5 Å². The number of nitrogens with zero attached hydrogens (tertiary/aromatic N) is 1. The molecule has 0 aliphatic heterocycles. The maximum Gasteiger partial charge on any atom is 0.361 e. The van der Waals surface area contributed by atoms with E-state index < -0.39 is 5.97 Å². The van der Waals surface area contributed by atoms with Crippen LogP contribution < -0.4 is 14.2 Å². The average Bonchev–Trinajstić information content (AvgIpc) is 3.31. The summed E-state index contributed by atoms with van der Waals surface area (Å²) in [4.78, 5) is 12.7. The van der Waals surface area contributed by atoms with Crippen molar-refractivity contribution in [1.29, 1.82) is 0 Å². The molecule has 0 radical (unpaired) electrons. The van der Waals surface area contributed by atoms with Crippen LogP contribution in [0.2, 0.25) is 5.02 Å². The maximum atomic E-state index is 12.7. The molecule has 35 heavy (non-hydrogen) atoms. The Bertz CT molecular complexity index is 1110. The van der Waals surface area contributed by atoms with E-state index in [0.717, 1.165) is 25.7 Å². The lowest BCUT2D eigenvalue weighted by atomic mass is 9.98. The minimum Gasteiger partial charge on any atom is -0.497 e. The van der Waals surface area contributed by atoms with E-state index in [1.165, 1.54) is 0 Å². The van der Waals surface area contributed by atoms with E-state index in [1.807, 2.05) is 12.1 Å². The second kappa shape index (κ2) is 13.0. The Kier molecular flexibility index (Phi) is 9.85. The molecular weight excluding hydrogens is 470 g/mol. The molecular formula is C27H32ClNO6. The molecule has 1 heterocycles. The van der Waals surface area contributed by atoms with Gasteiger partial charge in [0.2, 0.25) is 0 Å². The molecule has 0 unspecified atom stereocenters. The third kappa shape index (κ3) is 6.48. The number of methoxy groups -OCH3 is 1. The summed E-state index contributed by atoms with van der Waals surface area (Å²) in [6, 6.07) is 10.8. The van der Waals surface area contributed by atoms with Gasteiger partial charge in [-0.05, 0) is 43.5 Å². The van der Waals surface area contributed by atoms with Crippen molar-refractivity contribution in [2.45, 2.75) is 46.5 Å². The molecule has 0 atom stereocenters. The number of hydrogen-bond donors (Lipinski definition) is 0. The van der Waals surface area contributed by atoms with Crippen LogP contribution >= 0.6 is 11.6 Å². The highest BCUT2D eigenvalue weighted by atomic mass is 35.5. The molecule has 0 aliphatic rings. The Balaban J connectivity index is 2.15. The number of unbranched alkanes of at least 4 members (excludes halogenated alkanes) is 2. The van der Waals surface area contributed by atoms with Crippen molar-refractivity contribution in [3.05, 3.63) is 47.1 Å². The summed E-state index contributed by atoms with van der Waals surface area (Å²) >= 11 is 6.60. The average molecular weight is 502 g/mol.